The first-order valence-electron chi connectivity index (χ1n) is 9.11. The van der Waals surface area contributed by atoms with Crippen molar-refractivity contribution in [3.8, 4) is 0 Å². The molecule has 0 bridgehead atoms. The number of amidine groups is 1. The maximum absolute atomic E-state index is 14.6. The SMILES string of the molecule is NC1=N[C@@](c2cc(CC(=O)C3CCOCC3)ccc2F)(C(F)F)[C@H]2C[C@H]2O1. The van der Waals surface area contributed by atoms with E-state index < -0.39 is 29.8 Å². The largest absolute Gasteiger partial charge is 0.462 e. The minimum Gasteiger partial charge on any atom is -0.462 e. The number of nitrogens with two attached hydrogens (primary N) is 1. The van der Waals surface area contributed by atoms with E-state index in [0.29, 0.717) is 38.0 Å². The zero-order valence-electron chi connectivity index (χ0n) is 14.7. The third-order valence-electron chi connectivity index (χ3n) is 5.71. The summed E-state index contributed by atoms with van der Waals surface area (Å²) in [6, 6.07) is 3.59. The van der Waals surface area contributed by atoms with E-state index in [9.17, 15) is 18.0 Å². The van der Waals surface area contributed by atoms with E-state index in [2.05, 4.69) is 4.99 Å². The molecule has 2 aliphatic heterocycles. The molecule has 5 nitrogen and oxygen atoms in total. The zero-order valence-corrected chi connectivity index (χ0v) is 14.7. The fourth-order valence-electron chi connectivity index (χ4n) is 4.15. The molecule has 3 aliphatic rings. The van der Waals surface area contributed by atoms with Crippen LogP contribution in [0.1, 0.15) is 30.4 Å². The van der Waals surface area contributed by atoms with Gasteiger partial charge in [0.2, 0.25) is 0 Å². The Kier molecular flexibility index (Phi) is 4.61. The van der Waals surface area contributed by atoms with Gasteiger partial charge in [-0.3, -0.25) is 4.79 Å². The summed E-state index contributed by atoms with van der Waals surface area (Å²) in [5.41, 5.74) is 3.80. The van der Waals surface area contributed by atoms with Crippen LogP contribution in [0.5, 0.6) is 0 Å². The van der Waals surface area contributed by atoms with Crippen molar-refractivity contribution in [2.45, 2.75) is 43.8 Å². The molecule has 0 aromatic heterocycles. The van der Waals surface area contributed by atoms with Crippen molar-refractivity contribution in [2.24, 2.45) is 22.6 Å². The molecule has 0 spiro atoms. The minimum absolute atomic E-state index is 0.0150. The average molecular weight is 382 g/mol. The van der Waals surface area contributed by atoms with Crippen molar-refractivity contribution in [2.75, 3.05) is 13.2 Å². The maximum atomic E-state index is 14.6. The van der Waals surface area contributed by atoms with Gasteiger partial charge in [-0.15, -0.1) is 0 Å². The number of hydrogen-bond donors (Lipinski definition) is 1. The Bertz CT molecular complexity index is 779. The van der Waals surface area contributed by atoms with E-state index in [0.717, 1.165) is 6.07 Å². The van der Waals surface area contributed by atoms with Gasteiger partial charge in [-0.05, 0) is 37.0 Å². The molecule has 1 saturated carbocycles. The monoisotopic (exact) mass is 382 g/mol. The van der Waals surface area contributed by atoms with Crippen LogP contribution in [-0.2, 0) is 26.2 Å². The molecule has 0 unspecified atom stereocenters. The van der Waals surface area contributed by atoms with Gasteiger partial charge in [0.1, 0.15) is 17.7 Å². The van der Waals surface area contributed by atoms with E-state index >= 15 is 0 Å². The molecule has 8 heteroatoms. The van der Waals surface area contributed by atoms with Crippen LogP contribution < -0.4 is 5.73 Å². The summed E-state index contributed by atoms with van der Waals surface area (Å²) in [6.07, 6.45) is -1.69. The summed E-state index contributed by atoms with van der Waals surface area (Å²) in [5, 5.41) is 0. The van der Waals surface area contributed by atoms with Crippen LogP contribution in [0.4, 0.5) is 13.2 Å². The standard InChI is InChI=1S/C19H21F3N2O3/c20-14-2-1-10(8-15(25)11-3-5-26-6-4-11)7-12(14)19(17(21)22)13-9-16(13)27-18(23)24-19/h1-2,7,11,13,16-17H,3-6,8-9H2,(H2,23,24)/t13-,16+,19+/m0/s1. The maximum Gasteiger partial charge on any atom is 0.283 e. The van der Waals surface area contributed by atoms with E-state index in [1.807, 2.05) is 0 Å². The highest BCUT2D eigenvalue weighted by molar-refractivity contribution is 5.83. The first-order valence-corrected chi connectivity index (χ1v) is 9.11. The number of benzene rings is 1. The minimum atomic E-state index is -2.94. The quantitative estimate of drug-likeness (QED) is 0.850. The number of rotatable bonds is 5. The number of carbonyl (C=O) groups is 1. The molecule has 2 heterocycles. The predicted molar refractivity (Wildman–Crippen MR) is 90.9 cm³/mol. The third-order valence-corrected chi connectivity index (χ3v) is 5.71. The van der Waals surface area contributed by atoms with E-state index in [1.165, 1.54) is 12.1 Å². The molecule has 2 fully saturated rings. The van der Waals surface area contributed by atoms with Crippen LogP contribution in [0.2, 0.25) is 0 Å². The lowest BCUT2D eigenvalue weighted by Gasteiger charge is -2.33. The third kappa shape index (κ3) is 3.20. The van der Waals surface area contributed by atoms with Gasteiger partial charge in [0.15, 0.2) is 5.54 Å². The molecular formula is C19H21F3N2O3. The Morgan fingerprint density at radius 3 is 2.78 bits per heavy atom. The fourth-order valence-corrected chi connectivity index (χ4v) is 4.15. The summed E-state index contributed by atoms with van der Waals surface area (Å²) in [6.45, 7) is 1.08. The van der Waals surface area contributed by atoms with Crippen LogP contribution in [0.25, 0.3) is 0 Å². The summed E-state index contributed by atoms with van der Waals surface area (Å²) < 4.78 is 53.3. The van der Waals surface area contributed by atoms with Crippen molar-refractivity contribution >= 4 is 11.8 Å². The molecule has 1 saturated heterocycles. The van der Waals surface area contributed by atoms with Gasteiger partial charge in [-0.2, -0.15) is 0 Å². The van der Waals surface area contributed by atoms with Crippen molar-refractivity contribution in [3.05, 3.63) is 35.1 Å². The highest BCUT2D eigenvalue weighted by Gasteiger charge is 2.64. The number of nitrogens with zero attached hydrogens (tertiary/aromatic N) is 1. The molecule has 1 aliphatic carbocycles. The Balaban J connectivity index is 1.66. The number of halogens is 3. The Morgan fingerprint density at radius 1 is 1.33 bits per heavy atom. The van der Waals surface area contributed by atoms with Gasteiger partial charge in [0.25, 0.3) is 12.4 Å². The second kappa shape index (κ2) is 6.82. The van der Waals surface area contributed by atoms with Crippen molar-refractivity contribution in [1.29, 1.82) is 0 Å². The van der Waals surface area contributed by atoms with Gasteiger partial charge >= 0.3 is 0 Å². The molecule has 1 aromatic carbocycles. The van der Waals surface area contributed by atoms with Crippen molar-refractivity contribution in [3.63, 3.8) is 0 Å². The van der Waals surface area contributed by atoms with E-state index in [1.54, 1.807) is 0 Å². The fraction of sp³-hybridized carbons (Fsp3) is 0.579. The van der Waals surface area contributed by atoms with Crippen LogP contribution in [0.3, 0.4) is 0 Å². The average Bonchev–Trinajstić information content (AvgIpc) is 3.42. The van der Waals surface area contributed by atoms with Gasteiger partial charge in [0.05, 0.1) is 0 Å². The lowest BCUT2D eigenvalue weighted by molar-refractivity contribution is -0.125. The Hall–Kier alpha value is -2.09. The number of ketones is 1. The highest BCUT2D eigenvalue weighted by atomic mass is 19.3. The van der Waals surface area contributed by atoms with Gasteiger partial charge < -0.3 is 15.2 Å². The Labute approximate surface area is 154 Å². The number of aliphatic imine (C=N–C) groups is 1. The number of hydrogen-bond acceptors (Lipinski definition) is 5. The van der Waals surface area contributed by atoms with Gasteiger partial charge in [0, 0.05) is 37.0 Å². The number of Topliss-reactive ketones (excluding diaryl/α,β-unsaturated/α-hetero) is 1. The number of fused-ring (bicyclic) bond motifs is 1. The number of alkyl halides is 2. The molecule has 0 radical (unpaired) electrons. The first kappa shape index (κ1) is 18.3. The first-order chi connectivity index (χ1) is 12.9. The van der Waals surface area contributed by atoms with Crippen LogP contribution in [0, 0.1) is 17.7 Å². The highest BCUT2D eigenvalue weighted by Crippen LogP contribution is 2.56. The van der Waals surface area contributed by atoms with E-state index in [-0.39, 0.29) is 29.7 Å². The molecule has 2 N–H and O–H groups in total. The summed E-state index contributed by atoms with van der Waals surface area (Å²) in [4.78, 5) is 16.4. The lowest BCUT2D eigenvalue weighted by Crippen LogP contribution is -2.43. The zero-order chi connectivity index (χ0) is 19.2. The molecular weight excluding hydrogens is 361 g/mol. The number of ether oxygens (including phenoxy) is 2. The molecule has 146 valence electrons. The summed E-state index contributed by atoms with van der Waals surface area (Å²) in [7, 11) is 0. The summed E-state index contributed by atoms with van der Waals surface area (Å²) >= 11 is 0. The second-order valence-corrected chi connectivity index (χ2v) is 7.42. The normalized spacial score (nSPS) is 30.4. The van der Waals surface area contributed by atoms with Crippen LogP contribution in [0.15, 0.2) is 23.2 Å². The molecule has 4 rings (SSSR count). The van der Waals surface area contributed by atoms with Gasteiger partial charge in [-0.25, -0.2) is 18.2 Å². The van der Waals surface area contributed by atoms with E-state index in [4.69, 9.17) is 15.2 Å². The van der Waals surface area contributed by atoms with Gasteiger partial charge in [-0.1, -0.05) is 6.07 Å². The van der Waals surface area contributed by atoms with Crippen LogP contribution in [-0.4, -0.2) is 37.5 Å². The smallest absolute Gasteiger partial charge is 0.283 e. The second-order valence-electron chi connectivity index (χ2n) is 7.42. The van der Waals surface area contributed by atoms with Crippen molar-refractivity contribution in [1.82, 2.24) is 0 Å². The topological polar surface area (TPSA) is 73.9 Å². The molecule has 27 heavy (non-hydrogen) atoms. The molecule has 0 amide bonds. The van der Waals surface area contributed by atoms with Crippen molar-refractivity contribution < 1.29 is 27.4 Å². The molecule has 3 atom stereocenters. The number of carbonyl (C=O) groups excluding carboxylic acids is 1. The van der Waals surface area contributed by atoms with Crippen LogP contribution >= 0.6 is 0 Å². The Morgan fingerprint density at radius 2 is 2.07 bits per heavy atom. The predicted octanol–water partition coefficient (Wildman–Crippen LogP) is 2.56. The molecule has 1 aromatic rings. The summed E-state index contributed by atoms with van der Waals surface area (Å²) in [5.74, 6) is -1.50. The lowest BCUT2D eigenvalue weighted by atomic mass is 9.83.